The lowest BCUT2D eigenvalue weighted by Gasteiger charge is -2.46. The van der Waals surface area contributed by atoms with E-state index in [9.17, 15) is 0 Å². The number of anilines is 6. The van der Waals surface area contributed by atoms with Crippen molar-refractivity contribution in [2.75, 3.05) is 9.80 Å². The Balaban J connectivity index is 1.02. The van der Waals surface area contributed by atoms with Gasteiger partial charge in [0.15, 0.2) is 0 Å². The summed E-state index contributed by atoms with van der Waals surface area (Å²) < 4.78 is 0. The molecular weight excluding hydrogens is 1000 g/mol. The summed E-state index contributed by atoms with van der Waals surface area (Å²) in [5.74, 6) is 0. The van der Waals surface area contributed by atoms with E-state index in [-0.39, 0.29) is 12.1 Å². The largest absolute Gasteiger partial charge is 0.311 e. The van der Waals surface area contributed by atoms with Crippen LogP contribution in [0.1, 0.15) is 26.3 Å². The molecule has 0 amide bonds. The molecule has 83 heavy (non-hydrogen) atoms. The lowest BCUT2D eigenvalue weighted by molar-refractivity contribution is 0.590. The SMILES string of the molecule is CC(C)(C)c1cc2c3c(c1)N(c1ccccc1-c1ccccc1)c1cc(-c4c5ccccc5c(-c5cc6ccccc6c6ccccc56)c5ccccc45)ccc1B3c1cc(-c3ccccc3)ccc1N2c1ccccc1-c1ccccc1. The zero-order chi connectivity index (χ0) is 55.3. The van der Waals surface area contributed by atoms with Crippen molar-refractivity contribution in [3.8, 4) is 55.6 Å². The zero-order valence-corrected chi connectivity index (χ0v) is 46.7. The topological polar surface area (TPSA) is 6.48 Å². The number of para-hydroxylation sites is 2. The third-order valence-electron chi connectivity index (χ3n) is 17.8. The normalized spacial score (nSPS) is 12.7. The molecule has 390 valence electrons. The molecule has 0 N–H and O–H groups in total. The molecule has 3 heteroatoms. The van der Waals surface area contributed by atoms with E-state index in [1.54, 1.807) is 0 Å². The number of hydrogen-bond acceptors (Lipinski definition) is 2. The number of hydrogen-bond donors (Lipinski definition) is 0. The van der Waals surface area contributed by atoms with Crippen LogP contribution in [0, 0.1) is 0 Å². The summed E-state index contributed by atoms with van der Waals surface area (Å²) >= 11 is 0. The van der Waals surface area contributed by atoms with Crippen LogP contribution in [0.4, 0.5) is 34.1 Å². The predicted molar refractivity (Wildman–Crippen MR) is 356 cm³/mol. The van der Waals surface area contributed by atoms with Gasteiger partial charge in [-0.1, -0.05) is 269 Å². The maximum Gasteiger partial charge on any atom is 0.252 e. The minimum atomic E-state index is -0.203. The van der Waals surface area contributed by atoms with Crippen LogP contribution in [0.5, 0.6) is 0 Å². The van der Waals surface area contributed by atoms with Gasteiger partial charge in [-0.2, -0.15) is 0 Å². The van der Waals surface area contributed by atoms with Gasteiger partial charge in [0.1, 0.15) is 0 Å². The molecule has 2 aliphatic rings. The van der Waals surface area contributed by atoms with E-state index in [1.165, 1.54) is 143 Å². The van der Waals surface area contributed by atoms with Crippen LogP contribution in [0.25, 0.3) is 98.7 Å². The van der Waals surface area contributed by atoms with Gasteiger partial charge in [-0.15, -0.1) is 0 Å². The van der Waals surface area contributed by atoms with Gasteiger partial charge in [0.2, 0.25) is 0 Å². The molecule has 0 radical (unpaired) electrons. The van der Waals surface area contributed by atoms with Crippen molar-refractivity contribution in [1.29, 1.82) is 0 Å². The average molecular weight is 1060 g/mol. The van der Waals surface area contributed by atoms with E-state index >= 15 is 0 Å². The molecule has 14 aromatic carbocycles. The first-order chi connectivity index (χ1) is 40.9. The van der Waals surface area contributed by atoms with Crippen molar-refractivity contribution in [2.45, 2.75) is 26.2 Å². The first kappa shape index (κ1) is 48.7. The molecule has 0 saturated heterocycles. The van der Waals surface area contributed by atoms with Crippen LogP contribution >= 0.6 is 0 Å². The van der Waals surface area contributed by atoms with E-state index in [2.05, 4.69) is 322 Å². The van der Waals surface area contributed by atoms with Gasteiger partial charge in [-0.05, 0) is 157 Å². The van der Waals surface area contributed by atoms with Gasteiger partial charge >= 0.3 is 0 Å². The van der Waals surface area contributed by atoms with Gasteiger partial charge in [0.05, 0.1) is 11.4 Å². The molecule has 16 rings (SSSR count). The summed E-state index contributed by atoms with van der Waals surface area (Å²) in [4.78, 5) is 5.23. The summed E-state index contributed by atoms with van der Waals surface area (Å²) in [7, 11) is 0. The van der Waals surface area contributed by atoms with Gasteiger partial charge < -0.3 is 9.80 Å². The Morgan fingerprint density at radius 3 is 1.30 bits per heavy atom. The van der Waals surface area contributed by atoms with E-state index in [4.69, 9.17) is 0 Å². The van der Waals surface area contributed by atoms with Gasteiger partial charge in [-0.25, -0.2) is 0 Å². The molecule has 2 nitrogen and oxygen atoms in total. The summed E-state index contributed by atoms with van der Waals surface area (Å²) in [6.07, 6.45) is 0. The Hall–Kier alpha value is -10.2. The Bertz CT molecular complexity index is 4850. The Morgan fingerprint density at radius 1 is 0.265 bits per heavy atom. The monoisotopic (exact) mass is 1060 g/mol. The maximum absolute atomic E-state index is 2.64. The van der Waals surface area contributed by atoms with Crippen molar-refractivity contribution in [3.63, 3.8) is 0 Å². The molecule has 0 fully saturated rings. The second kappa shape index (κ2) is 19.2. The average Bonchev–Trinajstić information content (AvgIpc) is 3.66. The molecule has 0 atom stereocenters. The lowest BCUT2D eigenvalue weighted by atomic mass is 9.33. The highest BCUT2D eigenvalue weighted by Crippen LogP contribution is 2.52. The summed E-state index contributed by atoms with van der Waals surface area (Å²) in [5, 5.41) is 9.97. The van der Waals surface area contributed by atoms with Crippen molar-refractivity contribution in [2.24, 2.45) is 0 Å². The van der Waals surface area contributed by atoms with Crippen LogP contribution in [-0.2, 0) is 5.41 Å². The van der Waals surface area contributed by atoms with Crippen molar-refractivity contribution < 1.29 is 0 Å². The summed E-state index contributed by atoms with van der Waals surface area (Å²) in [6, 6.07) is 109. The zero-order valence-electron chi connectivity index (χ0n) is 46.7. The van der Waals surface area contributed by atoms with Crippen LogP contribution in [-0.4, -0.2) is 6.71 Å². The number of rotatable bonds is 7. The van der Waals surface area contributed by atoms with Gasteiger partial charge in [-0.3, -0.25) is 0 Å². The van der Waals surface area contributed by atoms with E-state index in [0.29, 0.717) is 0 Å². The first-order valence-electron chi connectivity index (χ1n) is 29.1. The first-order valence-corrected chi connectivity index (χ1v) is 29.1. The highest BCUT2D eigenvalue weighted by Gasteiger charge is 2.45. The summed E-state index contributed by atoms with van der Waals surface area (Å²) in [5.41, 5.74) is 24.0. The fraction of sp³-hybridized carbons (Fsp3) is 0.0500. The van der Waals surface area contributed by atoms with Gasteiger partial charge in [0.25, 0.3) is 6.71 Å². The molecule has 14 aromatic rings. The fourth-order valence-corrected chi connectivity index (χ4v) is 14.0. The van der Waals surface area contributed by atoms with Crippen molar-refractivity contribution >= 4 is 100 Å². The Labute approximate surface area is 485 Å². The van der Waals surface area contributed by atoms with Crippen molar-refractivity contribution in [3.05, 3.63) is 297 Å². The molecule has 2 heterocycles. The second-order valence-corrected chi connectivity index (χ2v) is 23.5. The molecule has 0 unspecified atom stereocenters. The van der Waals surface area contributed by atoms with E-state index in [0.717, 1.165) is 11.4 Å². The van der Waals surface area contributed by atoms with Crippen LogP contribution in [0.15, 0.2) is 291 Å². The van der Waals surface area contributed by atoms with Crippen LogP contribution in [0.2, 0.25) is 0 Å². The quantitative estimate of drug-likeness (QED) is 0.0892. The second-order valence-electron chi connectivity index (χ2n) is 23.5. The third-order valence-corrected chi connectivity index (χ3v) is 17.8. The number of nitrogens with zero attached hydrogens (tertiary/aromatic N) is 2. The standard InChI is InChI=1S/C80H57BN2/c1-80(2,3)58-50-75-79-76(51-58)83(72-42-24-22-34-61(72)54-29-11-6-12-30-54)74-49-57(77-64-37-17-19-39-66(64)78(67-40-20-18-38-65(67)77)68-47-56-31-13-14-32-59(56)62-35-15-16-36-63(62)68)43-45-69(74)81(79)70-48-55(52-25-7-4-8-26-52)44-46-73(70)82(75)71-41-23-21-33-60(71)53-27-9-5-10-28-53/h4-51H,1-3H3. The highest BCUT2D eigenvalue weighted by atomic mass is 15.2. The molecule has 0 spiro atoms. The number of benzene rings is 14. The lowest BCUT2D eigenvalue weighted by Crippen LogP contribution is -2.61. The predicted octanol–water partition coefficient (Wildman–Crippen LogP) is 20.0. The molecule has 0 aliphatic carbocycles. The van der Waals surface area contributed by atoms with Crippen LogP contribution in [0.3, 0.4) is 0 Å². The van der Waals surface area contributed by atoms with E-state index in [1.807, 2.05) is 0 Å². The molecule has 0 saturated carbocycles. The minimum Gasteiger partial charge on any atom is -0.311 e. The maximum atomic E-state index is 2.64. The summed E-state index contributed by atoms with van der Waals surface area (Å²) in [6.45, 7) is 6.97. The Morgan fingerprint density at radius 2 is 0.723 bits per heavy atom. The molecular formula is C80H57BN2. The van der Waals surface area contributed by atoms with E-state index < -0.39 is 0 Å². The highest BCUT2D eigenvalue weighted by molar-refractivity contribution is 7.00. The third kappa shape index (κ3) is 7.79. The smallest absolute Gasteiger partial charge is 0.252 e. The van der Waals surface area contributed by atoms with Gasteiger partial charge in [0, 0.05) is 33.9 Å². The molecule has 0 aromatic heterocycles. The fourth-order valence-electron chi connectivity index (χ4n) is 14.0. The van der Waals surface area contributed by atoms with Crippen LogP contribution < -0.4 is 26.2 Å². The van der Waals surface area contributed by atoms with Crippen molar-refractivity contribution in [1.82, 2.24) is 0 Å². The molecule has 0 bridgehead atoms. The minimum absolute atomic E-state index is 0.117. The number of fused-ring (bicyclic) bond motifs is 9. The Kier molecular flexibility index (Phi) is 11.3. The molecule has 2 aliphatic heterocycles.